The number of benzene rings is 1. The molecule has 0 spiro atoms. The number of hydrogen-bond donors (Lipinski definition) is 3. The minimum absolute atomic E-state index is 0.0121. The van der Waals surface area contributed by atoms with Crippen molar-refractivity contribution in [2.45, 2.75) is 13.1 Å². The van der Waals surface area contributed by atoms with Crippen LogP contribution in [0.4, 0.5) is 0 Å². The summed E-state index contributed by atoms with van der Waals surface area (Å²) in [7, 11) is 0. The Morgan fingerprint density at radius 1 is 1.23 bits per heavy atom. The lowest BCUT2D eigenvalue weighted by Crippen LogP contribution is -2.22. The number of aromatic amines is 1. The molecule has 4 aromatic heterocycles. The zero-order valence-corrected chi connectivity index (χ0v) is 21.9. The number of aliphatic imine (C=N–C) groups is 1. The number of H-pyrrole nitrogens is 1. The number of imidazole rings is 1. The number of carbonyl (C=O) groups excluding carboxylic acids is 1. The molecule has 0 saturated carbocycles. The number of carbonyl (C=O) groups is 1. The van der Waals surface area contributed by atoms with Crippen molar-refractivity contribution in [2.24, 2.45) is 10.7 Å². The molecule has 0 aliphatic carbocycles. The second-order valence-corrected chi connectivity index (χ2v) is 9.85. The van der Waals surface area contributed by atoms with E-state index in [1.54, 1.807) is 67.3 Å². The molecule has 1 aromatic carbocycles. The summed E-state index contributed by atoms with van der Waals surface area (Å²) in [5.41, 5.74) is 7.54. The Kier molecular flexibility index (Phi) is 7.80. The van der Waals surface area contributed by atoms with E-state index in [9.17, 15) is 9.59 Å². The Balaban J connectivity index is 1.36. The van der Waals surface area contributed by atoms with E-state index < -0.39 is 0 Å². The first-order valence-corrected chi connectivity index (χ1v) is 12.8. The fourth-order valence-electron chi connectivity index (χ4n) is 3.55. The summed E-state index contributed by atoms with van der Waals surface area (Å²) in [5.74, 6) is 1.07. The normalized spacial score (nSPS) is 11.5. The van der Waals surface area contributed by atoms with Crippen LogP contribution in [-0.4, -0.2) is 47.9 Å². The number of nitrogens with two attached hydrogens (primary N) is 1. The highest BCUT2D eigenvalue weighted by Gasteiger charge is 2.14. The number of ether oxygens (including phenoxy) is 1. The molecule has 0 atom stereocenters. The van der Waals surface area contributed by atoms with E-state index in [1.807, 2.05) is 0 Å². The molecule has 0 bridgehead atoms. The van der Waals surface area contributed by atoms with E-state index in [1.165, 1.54) is 26.7 Å². The average molecular weight is 564 g/mol. The van der Waals surface area contributed by atoms with E-state index in [0.717, 1.165) is 0 Å². The zero-order chi connectivity index (χ0) is 27.2. The van der Waals surface area contributed by atoms with Gasteiger partial charge in [-0.15, -0.1) is 16.4 Å². The minimum atomic E-state index is -0.257. The highest BCUT2D eigenvalue weighted by Crippen LogP contribution is 2.26. The van der Waals surface area contributed by atoms with Crippen LogP contribution in [0.1, 0.15) is 21.2 Å². The first-order valence-electron chi connectivity index (χ1n) is 11.6. The number of hydrogen-bond acceptors (Lipinski definition) is 8. The quantitative estimate of drug-likeness (QED) is 0.174. The zero-order valence-electron chi connectivity index (χ0n) is 20.3. The number of aromatic nitrogens is 6. The van der Waals surface area contributed by atoms with Crippen molar-refractivity contribution in [2.75, 3.05) is 6.61 Å². The smallest absolute Gasteiger partial charge is 0.261 e. The number of nitrogens with one attached hydrogen (secondary N) is 2. The maximum absolute atomic E-state index is 12.4. The van der Waals surface area contributed by atoms with Crippen LogP contribution < -0.4 is 21.3 Å². The van der Waals surface area contributed by atoms with Gasteiger partial charge in [-0.3, -0.25) is 19.1 Å². The number of amidine groups is 1. The standard InChI is InChI=1S/C25H22ClN9O3S/c26-21-7-6-20(39-21)25(37)31-12-16-14-35(33-32-16)18-5-4-17(34-10-2-1-3-24(34)36)11-19(18)38-15-22(27)30-13-23-28-8-9-29-23/h1-11,14H,12-13,15H2,(H2,27,30)(H,28,29)(H,31,37). The SMILES string of the molecule is NC(COc1cc(-n2ccccc2=O)ccc1-n1cc(CNC(=O)c2ccc(Cl)s2)nn1)=NCc1ncc[nH]1. The van der Waals surface area contributed by atoms with Gasteiger partial charge in [0.15, 0.2) is 0 Å². The maximum Gasteiger partial charge on any atom is 0.261 e. The van der Waals surface area contributed by atoms with Gasteiger partial charge >= 0.3 is 0 Å². The molecule has 4 heterocycles. The summed E-state index contributed by atoms with van der Waals surface area (Å²) in [6.07, 6.45) is 6.68. The van der Waals surface area contributed by atoms with Crippen LogP contribution in [0, 0.1) is 0 Å². The maximum atomic E-state index is 12.4. The summed E-state index contributed by atoms with van der Waals surface area (Å²) in [5, 5.41) is 11.2. The molecule has 5 rings (SSSR count). The lowest BCUT2D eigenvalue weighted by atomic mass is 10.2. The van der Waals surface area contributed by atoms with Gasteiger partial charge < -0.3 is 20.8 Å². The van der Waals surface area contributed by atoms with Gasteiger partial charge in [0.1, 0.15) is 35.4 Å². The van der Waals surface area contributed by atoms with Crippen molar-refractivity contribution < 1.29 is 9.53 Å². The first-order chi connectivity index (χ1) is 19.0. The van der Waals surface area contributed by atoms with E-state index >= 15 is 0 Å². The van der Waals surface area contributed by atoms with Crippen LogP contribution in [0.3, 0.4) is 0 Å². The van der Waals surface area contributed by atoms with Crippen molar-refractivity contribution in [3.8, 4) is 17.1 Å². The number of halogens is 1. The van der Waals surface area contributed by atoms with Crippen molar-refractivity contribution in [3.05, 3.63) is 104 Å². The second kappa shape index (κ2) is 11.8. The number of rotatable bonds is 10. The van der Waals surface area contributed by atoms with Gasteiger partial charge in [0.05, 0.1) is 34.2 Å². The molecule has 4 N–H and O–H groups in total. The Bertz CT molecular complexity index is 1670. The lowest BCUT2D eigenvalue weighted by Gasteiger charge is -2.14. The van der Waals surface area contributed by atoms with Gasteiger partial charge in [-0.2, -0.15) is 0 Å². The minimum Gasteiger partial charge on any atom is -0.483 e. The molecule has 198 valence electrons. The molecule has 12 nitrogen and oxygen atoms in total. The van der Waals surface area contributed by atoms with Gasteiger partial charge in [0, 0.05) is 30.7 Å². The van der Waals surface area contributed by atoms with Gasteiger partial charge in [-0.1, -0.05) is 22.9 Å². The number of nitrogens with zero attached hydrogens (tertiary/aromatic N) is 6. The predicted molar refractivity (Wildman–Crippen MR) is 147 cm³/mol. The largest absolute Gasteiger partial charge is 0.483 e. The van der Waals surface area contributed by atoms with Crippen LogP contribution in [0.15, 0.2) is 83.1 Å². The van der Waals surface area contributed by atoms with Crippen LogP contribution in [0.25, 0.3) is 11.4 Å². The average Bonchev–Trinajstić information content (AvgIpc) is 3.72. The summed E-state index contributed by atoms with van der Waals surface area (Å²) in [6, 6.07) is 13.5. The highest BCUT2D eigenvalue weighted by atomic mass is 35.5. The number of pyridine rings is 1. The van der Waals surface area contributed by atoms with Crippen molar-refractivity contribution in [3.63, 3.8) is 0 Å². The fourth-order valence-corrected chi connectivity index (χ4v) is 4.51. The molecule has 0 aliphatic heterocycles. The summed E-state index contributed by atoms with van der Waals surface area (Å²) in [4.78, 5) is 36.6. The Hall–Kier alpha value is -4.75. The molecule has 1 amide bonds. The van der Waals surface area contributed by atoms with Crippen molar-refractivity contribution in [1.82, 2.24) is 34.8 Å². The van der Waals surface area contributed by atoms with Gasteiger partial charge in [-0.05, 0) is 30.3 Å². The third-order valence-electron chi connectivity index (χ3n) is 5.42. The molecule has 5 aromatic rings. The molecule has 0 aliphatic rings. The van der Waals surface area contributed by atoms with Gasteiger partial charge in [0.2, 0.25) is 0 Å². The number of amides is 1. The molecular weight excluding hydrogens is 542 g/mol. The Morgan fingerprint density at radius 2 is 2.13 bits per heavy atom. The van der Waals surface area contributed by atoms with E-state index in [0.29, 0.717) is 37.9 Å². The predicted octanol–water partition coefficient (Wildman–Crippen LogP) is 2.72. The molecule has 0 radical (unpaired) electrons. The first kappa shape index (κ1) is 25.9. The van der Waals surface area contributed by atoms with Crippen molar-refractivity contribution >= 4 is 34.7 Å². The summed E-state index contributed by atoms with van der Waals surface area (Å²) < 4.78 is 9.57. The molecule has 0 fully saturated rings. The van der Waals surface area contributed by atoms with Crippen LogP contribution in [0.2, 0.25) is 4.34 Å². The van der Waals surface area contributed by atoms with Crippen LogP contribution in [0.5, 0.6) is 5.75 Å². The summed E-state index contributed by atoms with van der Waals surface area (Å²) >= 11 is 7.11. The molecule has 14 heteroatoms. The van der Waals surface area contributed by atoms with E-state index in [-0.39, 0.29) is 37.0 Å². The third kappa shape index (κ3) is 6.40. The van der Waals surface area contributed by atoms with Crippen LogP contribution >= 0.6 is 22.9 Å². The number of thiophene rings is 1. The topological polar surface area (TPSA) is 158 Å². The lowest BCUT2D eigenvalue weighted by molar-refractivity contribution is 0.0954. The second-order valence-electron chi connectivity index (χ2n) is 8.13. The Labute approximate surface area is 230 Å². The van der Waals surface area contributed by atoms with E-state index in [4.69, 9.17) is 22.1 Å². The molecular formula is C25H22ClN9O3S. The summed E-state index contributed by atoms with van der Waals surface area (Å²) in [6.45, 7) is 0.431. The van der Waals surface area contributed by atoms with Gasteiger partial charge in [0.25, 0.3) is 11.5 Å². The third-order valence-corrected chi connectivity index (χ3v) is 6.65. The molecule has 0 saturated heterocycles. The van der Waals surface area contributed by atoms with Crippen LogP contribution in [-0.2, 0) is 13.1 Å². The fraction of sp³-hybridized carbons (Fsp3) is 0.120. The van der Waals surface area contributed by atoms with Crippen molar-refractivity contribution in [1.29, 1.82) is 0 Å². The monoisotopic (exact) mass is 563 g/mol. The van der Waals surface area contributed by atoms with E-state index in [2.05, 4.69) is 30.6 Å². The Morgan fingerprint density at radius 3 is 2.90 bits per heavy atom. The molecule has 0 unspecified atom stereocenters. The highest BCUT2D eigenvalue weighted by molar-refractivity contribution is 7.18. The van der Waals surface area contributed by atoms with Gasteiger partial charge in [-0.25, -0.2) is 9.67 Å². The molecule has 39 heavy (non-hydrogen) atoms.